The maximum atomic E-state index is 13.3. The lowest BCUT2D eigenvalue weighted by Crippen LogP contribution is -2.43. The van der Waals surface area contributed by atoms with E-state index in [0.717, 1.165) is 16.2 Å². The van der Waals surface area contributed by atoms with Gasteiger partial charge in [0.05, 0.1) is 35.3 Å². The standard InChI is InChI=1S/C28H32ClN5O9S.ClH/c29-22-9-8-21(44-22)26(38)34(24(36)3-1-2-10-31-20(27(39)40)13-23(30)35)15-19-14-33(28(41)43-19)18-6-4-17(5-7-18)32-11-12-42-16-25(32)37;/h4-9,19-20,31H,1-3,10-16H2,(H2,30,35)(H,39,40);1H/t19-,20+;/m1./s1. The number of primary amides is 1. The van der Waals surface area contributed by atoms with Crippen molar-refractivity contribution in [3.63, 3.8) is 0 Å². The molecule has 2 atom stereocenters. The van der Waals surface area contributed by atoms with Crippen molar-refractivity contribution in [3.05, 3.63) is 45.6 Å². The van der Waals surface area contributed by atoms with E-state index in [1.54, 1.807) is 35.2 Å². The molecular weight excluding hydrogens is 653 g/mol. The number of carbonyl (C=O) groups excluding carboxylic acids is 5. The van der Waals surface area contributed by atoms with Gasteiger partial charge >= 0.3 is 12.1 Å². The lowest BCUT2D eigenvalue weighted by Gasteiger charge is -2.27. The number of imide groups is 1. The van der Waals surface area contributed by atoms with E-state index in [4.69, 9.17) is 26.8 Å². The molecule has 2 aromatic rings. The van der Waals surface area contributed by atoms with Gasteiger partial charge in [0.15, 0.2) is 0 Å². The summed E-state index contributed by atoms with van der Waals surface area (Å²) in [7, 11) is 0. The van der Waals surface area contributed by atoms with E-state index < -0.39 is 41.9 Å². The molecule has 0 radical (unpaired) electrons. The first-order chi connectivity index (χ1) is 21.0. The van der Waals surface area contributed by atoms with Crippen LogP contribution in [0.25, 0.3) is 0 Å². The average Bonchev–Trinajstić information content (AvgIpc) is 3.59. The molecule has 0 bridgehead atoms. The Labute approximate surface area is 273 Å². The quantitative estimate of drug-likeness (QED) is 0.249. The highest BCUT2D eigenvalue weighted by atomic mass is 35.5. The minimum atomic E-state index is -1.21. The number of cyclic esters (lactones) is 1. The Bertz CT molecular complexity index is 1410. The molecule has 4 rings (SSSR count). The monoisotopic (exact) mass is 685 g/mol. The minimum Gasteiger partial charge on any atom is -0.480 e. The summed E-state index contributed by atoms with van der Waals surface area (Å²) in [5.74, 6) is -3.20. The van der Waals surface area contributed by atoms with E-state index in [-0.39, 0.29) is 62.3 Å². The van der Waals surface area contributed by atoms with Crippen LogP contribution >= 0.6 is 35.3 Å². The Hall–Kier alpha value is -3.76. The number of rotatable bonds is 14. The molecule has 17 heteroatoms. The van der Waals surface area contributed by atoms with E-state index in [2.05, 4.69) is 5.32 Å². The third-order valence-electron chi connectivity index (χ3n) is 6.96. The molecule has 5 amide bonds. The number of thiophene rings is 1. The fraction of sp³-hybridized carbons (Fsp3) is 0.429. The van der Waals surface area contributed by atoms with Gasteiger partial charge < -0.3 is 30.5 Å². The van der Waals surface area contributed by atoms with E-state index >= 15 is 0 Å². The van der Waals surface area contributed by atoms with Crippen LogP contribution in [0.3, 0.4) is 0 Å². The molecule has 4 N–H and O–H groups in total. The highest BCUT2D eigenvalue weighted by molar-refractivity contribution is 7.18. The summed E-state index contributed by atoms with van der Waals surface area (Å²) >= 11 is 7.03. The topological polar surface area (TPSA) is 189 Å². The number of carbonyl (C=O) groups is 6. The van der Waals surface area contributed by atoms with E-state index in [1.165, 1.54) is 11.0 Å². The molecular formula is C28H33Cl2N5O9S. The number of ether oxygens (including phenoxy) is 2. The predicted molar refractivity (Wildman–Crippen MR) is 167 cm³/mol. The second kappa shape index (κ2) is 16.5. The van der Waals surface area contributed by atoms with Crippen molar-refractivity contribution in [2.45, 2.75) is 37.8 Å². The van der Waals surface area contributed by atoms with Gasteiger partial charge in [-0.1, -0.05) is 11.6 Å². The minimum absolute atomic E-state index is 0. The first-order valence-electron chi connectivity index (χ1n) is 13.8. The number of carboxylic acid groups (broad SMARTS) is 1. The largest absolute Gasteiger partial charge is 0.480 e. The molecule has 0 spiro atoms. The van der Waals surface area contributed by atoms with Crippen LogP contribution < -0.4 is 20.9 Å². The lowest BCUT2D eigenvalue weighted by molar-refractivity contribution is -0.141. The molecule has 2 fully saturated rings. The van der Waals surface area contributed by atoms with Gasteiger partial charge in [-0.25, -0.2) is 4.79 Å². The molecule has 3 heterocycles. The number of morpholine rings is 1. The third-order valence-corrected chi connectivity index (χ3v) is 8.18. The summed E-state index contributed by atoms with van der Waals surface area (Å²) in [6.07, 6.45) is -1.14. The maximum Gasteiger partial charge on any atom is 0.414 e. The van der Waals surface area contributed by atoms with E-state index in [0.29, 0.717) is 41.7 Å². The molecule has 1 aromatic heterocycles. The summed E-state index contributed by atoms with van der Waals surface area (Å²) in [6.45, 7) is 0.962. The molecule has 2 saturated heterocycles. The lowest BCUT2D eigenvalue weighted by atomic mass is 10.1. The zero-order valence-corrected chi connectivity index (χ0v) is 26.4. The number of anilines is 2. The number of benzene rings is 1. The van der Waals surface area contributed by atoms with Crippen molar-refractivity contribution < 1.29 is 43.3 Å². The van der Waals surface area contributed by atoms with E-state index in [9.17, 15) is 33.9 Å². The number of amides is 5. The Morgan fingerprint density at radius 2 is 1.78 bits per heavy atom. The summed E-state index contributed by atoms with van der Waals surface area (Å²) in [5.41, 5.74) is 6.28. The number of hydrogen-bond acceptors (Lipinski definition) is 10. The van der Waals surface area contributed by atoms with Crippen LogP contribution in [0.2, 0.25) is 4.34 Å². The number of carboxylic acids is 1. The van der Waals surface area contributed by atoms with Gasteiger partial charge in [0.25, 0.3) is 11.8 Å². The SMILES string of the molecule is Cl.NC(=O)C[C@H](NCCCCC(=O)N(C[C@H]1CN(c2ccc(N3CCOCC3=O)cc2)C(=O)O1)C(=O)c1ccc(Cl)s1)C(=O)O. The van der Waals surface area contributed by atoms with Crippen LogP contribution in [0.1, 0.15) is 35.4 Å². The van der Waals surface area contributed by atoms with Gasteiger partial charge in [-0.15, -0.1) is 23.7 Å². The molecule has 244 valence electrons. The molecule has 1 aromatic carbocycles. The number of nitrogens with two attached hydrogens (primary N) is 1. The predicted octanol–water partition coefficient (Wildman–Crippen LogP) is 2.27. The smallest absolute Gasteiger partial charge is 0.414 e. The molecule has 45 heavy (non-hydrogen) atoms. The van der Waals surface area contributed by atoms with Gasteiger partial charge in [-0.3, -0.25) is 33.8 Å². The molecule has 0 aliphatic carbocycles. The van der Waals surface area contributed by atoms with Crippen molar-refractivity contribution in [1.82, 2.24) is 10.2 Å². The van der Waals surface area contributed by atoms with Gasteiger partial charge in [0.2, 0.25) is 11.8 Å². The highest BCUT2D eigenvalue weighted by Gasteiger charge is 2.36. The second-order valence-corrected chi connectivity index (χ2v) is 11.8. The van der Waals surface area contributed by atoms with Crippen LogP contribution in [-0.4, -0.2) is 97.2 Å². The van der Waals surface area contributed by atoms with E-state index in [1.807, 2.05) is 0 Å². The van der Waals surface area contributed by atoms with Crippen molar-refractivity contribution >= 4 is 82.4 Å². The zero-order valence-electron chi connectivity index (χ0n) is 24.0. The molecule has 0 saturated carbocycles. The number of hydrogen-bond donors (Lipinski definition) is 3. The number of unbranched alkanes of at least 4 members (excludes halogenated alkanes) is 1. The summed E-state index contributed by atoms with van der Waals surface area (Å²) < 4.78 is 11.1. The fourth-order valence-electron chi connectivity index (χ4n) is 4.76. The fourth-order valence-corrected chi connectivity index (χ4v) is 5.75. The van der Waals surface area contributed by atoms with Gasteiger partial charge in [-0.2, -0.15) is 0 Å². The Morgan fingerprint density at radius 3 is 2.38 bits per heavy atom. The number of halogens is 2. The van der Waals surface area contributed by atoms with Crippen molar-refractivity contribution in [3.8, 4) is 0 Å². The second-order valence-electron chi connectivity index (χ2n) is 10.1. The summed E-state index contributed by atoms with van der Waals surface area (Å²) in [6, 6.07) is 8.75. The highest BCUT2D eigenvalue weighted by Crippen LogP contribution is 2.27. The van der Waals surface area contributed by atoms with Crippen LogP contribution in [0, 0.1) is 0 Å². The van der Waals surface area contributed by atoms with Crippen LogP contribution in [0.15, 0.2) is 36.4 Å². The van der Waals surface area contributed by atoms with Crippen LogP contribution in [0.4, 0.5) is 16.2 Å². The molecule has 0 unspecified atom stereocenters. The first kappa shape index (κ1) is 35.7. The number of nitrogens with one attached hydrogen (secondary N) is 1. The summed E-state index contributed by atoms with van der Waals surface area (Å²) in [5, 5.41) is 11.9. The molecule has 2 aliphatic heterocycles. The van der Waals surface area contributed by atoms with Crippen LogP contribution in [0.5, 0.6) is 0 Å². The number of nitrogens with zero attached hydrogens (tertiary/aromatic N) is 3. The van der Waals surface area contributed by atoms with Gasteiger partial charge in [-0.05, 0) is 55.8 Å². The Balaban J connectivity index is 0.00000552. The molecule has 2 aliphatic rings. The summed E-state index contributed by atoms with van der Waals surface area (Å²) in [4.78, 5) is 78.1. The Morgan fingerprint density at radius 1 is 1.09 bits per heavy atom. The van der Waals surface area contributed by atoms with Crippen molar-refractivity contribution in [2.24, 2.45) is 5.73 Å². The average molecular weight is 687 g/mol. The zero-order chi connectivity index (χ0) is 31.8. The van der Waals surface area contributed by atoms with Crippen molar-refractivity contribution in [2.75, 3.05) is 49.2 Å². The molecule has 14 nitrogen and oxygen atoms in total. The Kier molecular flexibility index (Phi) is 13.1. The van der Waals surface area contributed by atoms with Gasteiger partial charge in [0, 0.05) is 24.3 Å². The van der Waals surface area contributed by atoms with Crippen molar-refractivity contribution in [1.29, 1.82) is 0 Å². The maximum absolute atomic E-state index is 13.3. The van der Waals surface area contributed by atoms with Crippen LogP contribution in [-0.2, 0) is 28.7 Å². The normalized spacial score (nSPS) is 17.0. The third kappa shape index (κ3) is 9.61. The first-order valence-corrected chi connectivity index (χ1v) is 15.0. The van der Waals surface area contributed by atoms with Gasteiger partial charge in [0.1, 0.15) is 18.8 Å². The number of aliphatic carboxylic acids is 1.